The van der Waals surface area contributed by atoms with Crippen molar-refractivity contribution in [1.82, 2.24) is 14.8 Å². The van der Waals surface area contributed by atoms with Crippen molar-refractivity contribution in [1.29, 1.82) is 0 Å². The molecule has 2 aromatic carbocycles. The van der Waals surface area contributed by atoms with E-state index in [0.29, 0.717) is 13.0 Å². The Hall–Kier alpha value is -2.13. The smallest absolute Gasteiger partial charge is 0.234 e. The number of amides is 1. The fourth-order valence-corrected chi connectivity index (χ4v) is 4.14. The molecule has 0 unspecified atom stereocenters. The predicted octanol–water partition coefficient (Wildman–Crippen LogP) is 4.70. The molecule has 1 N–H and O–H groups in total. The van der Waals surface area contributed by atoms with Crippen molar-refractivity contribution in [3.8, 4) is 0 Å². The minimum absolute atomic E-state index is 0.0629. The zero-order chi connectivity index (χ0) is 19.9. The van der Waals surface area contributed by atoms with E-state index in [1.165, 1.54) is 17.3 Å². The zero-order valence-electron chi connectivity index (χ0n) is 15.6. The predicted molar refractivity (Wildman–Crippen MR) is 123 cm³/mol. The number of halogens is 1. The summed E-state index contributed by atoms with van der Waals surface area (Å²) in [5.74, 6) is 1.07. The lowest BCUT2D eigenvalue weighted by Gasteiger charge is -2.10. The van der Waals surface area contributed by atoms with Crippen molar-refractivity contribution in [2.24, 2.45) is 0 Å². The molecule has 0 fully saturated rings. The Morgan fingerprint density at radius 2 is 2.04 bits per heavy atom. The van der Waals surface area contributed by atoms with E-state index < -0.39 is 0 Å². The number of hydrogen-bond acceptors (Lipinski definition) is 4. The molecule has 0 spiro atoms. The molecular weight excluding hydrogens is 483 g/mol. The van der Waals surface area contributed by atoms with Crippen molar-refractivity contribution < 1.29 is 4.79 Å². The van der Waals surface area contributed by atoms with Crippen LogP contribution in [0.3, 0.4) is 0 Å². The number of nitrogens with one attached hydrogen (secondary N) is 1. The van der Waals surface area contributed by atoms with E-state index in [2.05, 4.69) is 56.8 Å². The average Bonchev–Trinajstić information content (AvgIpc) is 3.05. The first kappa shape index (κ1) is 20.6. The van der Waals surface area contributed by atoms with E-state index in [0.717, 1.165) is 25.8 Å². The molecule has 3 aromatic rings. The fraction of sp³-hybridized carbons (Fsp3) is 0.190. The zero-order valence-corrected chi connectivity index (χ0v) is 18.5. The van der Waals surface area contributed by atoms with Crippen molar-refractivity contribution in [2.75, 3.05) is 11.1 Å². The molecular formula is C21H21IN4OS. The van der Waals surface area contributed by atoms with E-state index in [1.54, 1.807) is 0 Å². The second-order valence-electron chi connectivity index (χ2n) is 6.26. The third-order valence-electron chi connectivity index (χ3n) is 4.11. The van der Waals surface area contributed by atoms with Gasteiger partial charge in [-0.1, -0.05) is 48.2 Å². The number of aromatic nitrogens is 3. The molecule has 1 heterocycles. The second-order valence-corrected chi connectivity index (χ2v) is 8.44. The third-order valence-corrected chi connectivity index (χ3v) is 5.74. The van der Waals surface area contributed by atoms with Crippen molar-refractivity contribution in [3.63, 3.8) is 0 Å². The Kier molecular flexibility index (Phi) is 7.27. The van der Waals surface area contributed by atoms with Crippen LogP contribution in [0.1, 0.15) is 17.0 Å². The highest BCUT2D eigenvalue weighted by atomic mass is 127. The Bertz CT molecular complexity index is 972. The molecule has 0 aliphatic rings. The van der Waals surface area contributed by atoms with E-state index in [1.807, 2.05) is 54.0 Å². The van der Waals surface area contributed by atoms with Crippen LogP contribution in [0, 0.1) is 10.5 Å². The number of rotatable bonds is 8. The van der Waals surface area contributed by atoms with E-state index >= 15 is 0 Å². The molecule has 3 rings (SSSR count). The van der Waals surface area contributed by atoms with Crippen LogP contribution in [0.5, 0.6) is 0 Å². The molecule has 0 aliphatic heterocycles. The maximum Gasteiger partial charge on any atom is 0.234 e. The van der Waals surface area contributed by atoms with Crippen LogP contribution in [0.25, 0.3) is 0 Å². The van der Waals surface area contributed by atoms with Crippen LogP contribution in [0.4, 0.5) is 5.69 Å². The summed E-state index contributed by atoms with van der Waals surface area (Å²) in [5, 5.41) is 12.3. The molecule has 0 radical (unpaired) electrons. The fourth-order valence-electron chi connectivity index (χ4n) is 2.73. The Morgan fingerprint density at radius 3 is 2.75 bits per heavy atom. The van der Waals surface area contributed by atoms with Gasteiger partial charge in [0, 0.05) is 22.2 Å². The number of benzene rings is 2. The normalized spacial score (nSPS) is 10.6. The van der Waals surface area contributed by atoms with Gasteiger partial charge in [0.05, 0.1) is 5.75 Å². The summed E-state index contributed by atoms with van der Waals surface area (Å²) < 4.78 is 3.15. The monoisotopic (exact) mass is 504 g/mol. The quantitative estimate of drug-likeness (QED) is 0.275. The molecule has 5 nitrogen and oxygen atoms in total. The van der Waals surface area contributed by atoms with Gasteiger partial charge in [-0.05, 0) is 58.8 Å². The maximum atomic E-state index is 12.4. The molecule has 7 heteroatoms. The largest absolute Gasteiger partial charge is 0.325 e. The Balaban J connectivity index is 1.66. The number of thioether (sulfide) groups is 1. The first-order chi connectivity index (χ1) is 13.6. The number of carbonyl (C=O) groups excluding carboxylic acids is 1. The van der Waals surface area contributed by atoms with Gasteiger partial charge in [0.25, 0.3) is 0 Å². The molecule has 0 atom stereocenters. The highest BCUT2D eigenvalue weighted by Crippen LogP contribution is 2.21. The number of anilines is 1. The lowest BCUT2D eigenvalue weighted by Crippen LogP contribution is -2.15. The minimum Gasteiger partial charge on any atom is -0.325 e. The maximum absolute atomic E-state index is 12.4. The summed E-state index contributed by atoms with van der Waals surface area (Å²) in [6, 6.07) is 16.1. The molecule has 0 saturated carbocycles. The number of carbonyl (C=O) groups is 1. The molecule has 0 bridgehead atoms. The van der Waals surface area contributed by atoms with Crippen LogP contribution in [0.2, 0.25) is 0 Å². The molecule has 1 amide bonds. The van der Waals surface area contributed by atoms with Gasteiger partial charge in [0.1, 0.15) is 5.82 Å². The van der Waals surface area contributed by atoms with Gasteiger partial charge in [-0.3, -0.25) is 4.79 Å². The first-order valence-corrected chi connectivity index (χ1v) is 10.9. The van der Waals surface area contributed by atoms with Gasteiger partial charge < -0.3 is 9.88 Å². The standard InChI is InChI=1S/C21H21IN4OS/c1-3-11-26-19(13-16-7-5-4-6-8-16)24-25-21(26)28-14-20(27)23-18-10-9-17(22)12-15(18)2/h3-10,12H,1,11,13-14H2,2H3,(H,23,27). The second kappa shape index (κ2) is 9.88. The molecule has 144 valence electrons. The van der Waals surface area contributed by atoms with E-state index in [4.69, 9.17) is 0 Å². The van der Waals surface area contributed by atoms with Crippen LogP contribution in [-0.2, 0) is 17.8 Å². The first-order valence-electron chi connectivity index (χ1n) is 8.82. The minimum atomic E-state index is -0.0629. The lowest BCUT2D eigenvalue weighted by atomic mass is 10.1. The van der Waals surface area contributed by atoms with Gasteiger partial charge in [-0.2, -0.15) is 0 Å². The molecule has 0 saturated heterocycles. The number of aryl methyl sites for hydroxylation is 1. The van der Waals surface area contributed by atoms with Gasteiger partial charge in [0.15, 0.2) is 5.16 Å². The Morgan fingerprint density at radius 1 is 1.25 bits per heavy atom. The van der Waals surface area contributed by atoms with Crippen molar-refractivity contribution >= 4 is 45.9 Å². The molecule has 28 heavy (non-hydrogen) atoms. The molecule has 0 aliphatic carbocycles. The van der Waals surface area contributed by atoms with E-state index in [9.17, 15) is 4.79 Å². The average molecular weight is 504 g/mol. The van der Waals surface area contributed by atoms with Crippen LogP contribution in [-0.4, -0.2) is 26.4 Å². The Labute approximate surface area is 182 Å². The summed E-state index contributed by atoms with van der Waals surface area (Å²) >= 11 is 3.64. The topological polar surface area (TPSA) is 59.8 Å². The summed E-state index contributed by atoms with van der Waals surface area (Å²) in [5.41, 5.74) is 3.05. The van der Waals surface area contributed by atoms with Crippen molar-refractivity contribution in [3.05, 3.63) is 81.7 Å². The SMILES string of the molecule is C=CCn1c(Cc2ccccc2)nnc1SCC(=O)Nc1ccc(I)cc1C. The van der Waals surface area contributed by atoms with Crippen LogP contribution in [0.15, 0.2) is 66.3 Å². The van der Waals surface area contributed by atoms with Crippen LogP contribution >= 0.6 is 34.4 Å². The number of nitrogens with zero attached hydrogens (tertiary/aromatic N) is 3. The van der Waals surface area contributed by atoms with Crippen molar-refractivity contribution in [2.45, 2.75) is 25.0 Å². The lowest BCUT2D eigenvalue weighted by molar-refractivity contribution is -0.113. The van der Waals surface area contributed by atoms with Gasteiger partial charge in [-0.25, -0.2) is 0 Å². The van der Waals surface area contributed by atoms with Gasteiger partial charge in [-0.15, -0.1) is 16.8 Å². The highest BCUT2D eigenvalue weighted by Gasteiger charge is 2.14. The third kappa shape index (κ3) is 5.45. The van der Waals surface area contributed by atoms with E-state index in [-0.39, 0.29) is 11.7 Å². The summed E-state index contributed by atoms with van der Waals surface area (Å²) in [4.78, 5) is 12.4. The van der Waals surface area contributed by atoms with Gasteiger partial charge in [0.2, 0.25) is 5.91 Å². The highest BCUT2D eigenvalue weighted by molar-refractivity contribution is 14.1. The summed E-state index contributed by atoms with van der Waals surface area (Å²) in [6.45, 7) is 6.42. The number of hydrogen-bond donors (Lipinski definition) is 1. The number of allylic oxidation sites excluding steroid dienone is 1. The van der Waals surface area contributed by atoms with Crippen LogP contribution < -0.4 is 5.32 Å². The molecule has 1 aromatic heterocycles. The summed E-state index contributed by atoms with van der Waals surface area (Å²) in [7, 11) is 0. The summed E-state index contributed by atoms with van der Waals surface area (Å²) in [6.07, 6.45) is 2.51. The van der Waals surface area contributed by atoms with Gasteiger partial charge >= 0.3 is 0 Å².